The number of rotatable bonds is 5. The molecule has 0 amide bonds. The number of hydrogen-bond acceptors (Lipinski definition) is 6. The number of nitrogens with zero attached hydrogens (tertiary/aromatic N) is 6. The number of pyridine rings is 1. The van der Waals surface area contributed by atoms with Crippen molar-refractivity contribution in [3.8, 4) is 0 Å². The second-order valence-electron chi connectivity index (χ2n) is 10.00. The van der Waals surface area contributed by atoms with Crippen LogP contribution in [-0.4, -0.2) is 67.7 Å². The minimum atomic E-state index is -0.304. The van der Waals surface area contributed by atoms with Crippen molar-refractivity contribution < 1.29 is 0 Å². The zero-order valence-corrected chi connectivity index (χ0v) is 20.1. The molecule has 1 aromatic carbocycles. The number of aromatic nitrogens is 5. The summed E-state index contributed by atoms with van der Waals surface area (Å²) in [5.74, 6) is 0.718. The second kappa shape index (κ2) is 8.75. The van der Waals surface area contributed by atoms with Gasteiger partial charge in [-0.1, -0.05) is 18.6 Å². The van der Waals surface area contributed by atoms with Crippen molar-refractivity contribution in [3.63, 3.8) is 0 Å². The Labute approximate surface area is 189 Å². The summed E-state index contributed by atoms with van der Waals surface area (Å²) in [6.45, 7) is 17.4. The first-order chi connectivity index (χ1) is 15.2. The van der Waals surface area contributed by atoms with Crippen LogP contribution in [0.2, 0.25) is 0 Å². The summed E-state index contributed by atoms with van der Waals surface area (Å²) in [6.07, 6.45) is 1.15. The van der Waals surface area contributed by atoms with E-state index in [4.69, 9.17) is 0 Å². The van der Waals surface area contributed by atoms with Gasteiger partial charge in [0.1, 0.15) is 6.04 Å². The molecule has 0 spiro atoms. The fraction of sp³-hybridized carbons (Fsp3) is 0.583. The van der Waals surface area contributed by atoms with Gasteiger partial charge in [-0.2, -0.15) is 0 Å². The summed E-state index contributed by atoms with van der Waals surface area (Å²) in [6, 6.07) is 5.97. The maximum atomic E-state index is 13.4. The summed E-state index contributed by atoms with van der Waals surface area (Å²) in [5, 5.41) is 13.8. The average molecular weight is 438 g/mol. The van der Waals surface area contributed by atoms with Crippen LogP contribution in [0.4, 0.5) is 0 Å². The highest BCUT2D eigenvalue weighted by atomic mass is 16.1. The van der Waals surface area contributed by atoms with Gasteiger partial charge in [-0.05, 0) is 81.1 Å². The van der Waals surface area contributed by atoms with E-state index in [1.54, 1.807) is 0 Å². The van der Waals surface area contributed by atoms with E-state index in [1.165, 1.54) is 5.56 Å². The van der Waals surface area contributed by atoms with Gasteiger partial charge in [-0.15, -0.1) is 5.10 Å². The topological polar surface area (TPSA) is 82.9 Å². The van der Waals surface area contributed by atoms with Crippen LogP contribution in [-0.2, 0) is 5.54 Å². The number of tetrazole rings is 1. The van der Waals surface area contributed by atoms with Gasteiger partial charge in [0.25, 0.3) is 5.56 Å². The van der Waals surface area contributed by atoms with Gasteiger partial charge in [-0.25, -0.2) is 4.68 Å². The quantitative estimate of drug-likeness (QED) is 0.661. The Bertz CT molecular complexity index is 1150. The third-order valence-corrected chi connectivity index (χ3v) is 6.30. The Balaban J connectivity index is 1.85. The second-order valence-corrected chi connectivity index (χ2v) is 10.00. The molecule has 2 aromatic heterocycles. The van der Waals surface area contributed by atoms with Crippen molar-refractivity contribution in [2.45, 2.75) is 59.5 Å². The Morgan fingerprint density at radius 3 is 2.47 bits per heavy atom. The van der Waals surface area contributed by atoms with Gasteiger partial charge in [0.2, 0.25) is 0 Å². The number of aryl methyl sites for hydroxylation is 2. The van der Waals surface area contributed by atoms with Crippen LogP contribution in [0.15, 0.2) is 23.0 Å². The Hall–Kier alpha value is -2.58. The molecule has 0 bridgehead atoms. The van der Waals surface area contributed by atoms with Crippen LogP contribution < -0.4 is 5.56 Å². The lowest BCUT2D eigenvalue weighted by Gasteiger charge is -2.39. The molecule has 4 rings (SSSR count). The average Bonchev–Trinajstić information content (AvgIpc) is 3.21. The molecule has 1 aliphatic heterocycles. The number of benzene rings is 1. The zero-order chi connectivity index (χ0) is 23.0. The minimum Gasteiger partial charge on any atom is -0.321 e. The number of nitrogens with one attached hydrogen (secondary N) is 1. The number of hydrogen-bond donors (Lipinski definition) is 1. The van der Waals surface area contributed by atoms with Crippen molar-refractivity contribution in [2.24, 2.45) is 0 Å². The summed E-state index contributed by atoms with van der Waals surface area (Å²) in [4.78, 5) is 21.4. The van der Waals surface area contributed by atoms with Crippen molar-refractivity contribution in [1.29, 1.82) is 0 Å². The largest absolute Gasteiger partial charge is 0.321 e. The van der Waals surface area contributed by atoms with E-state index in [1.807, 2.05) is 17.7 Å². The fourth-order valence-electron chi connectivity index (χ4n) is 4.81. The monoisotopic (exact) mass is 437 g/mol. The predicted octanol–water partition coefficient (Wildman–Crippen LogP) is 3.00. The smallest absolute Gasteiger partial charge is 0.253 e. The van der Waals surface area contributed by atoms with E-state index in [2.05, 4.69) is 77.1 Å². The lowest BCUT2D eigenvalue weighted by Crippen LogP contribution is -2.49. The van der Waals surface area contributed by atoms with E-state index in [0.29, 0.717) is 5.56 Å². The Kier molecular flexibility index (Phi) is 6.18. The molecule has 0 saturated carbocycles. The first-order valence-electron chi connectivity index (χ1n) is 11.6. The third-order valence-electron chi connectivity index (χ3n) is 6.30. The minimum absolute atomic E-state index is 0.0751. The van der Waals surface area contributed by atoms with Crippen LogP contribution in [0.25, 0.3) is 10.9 Å². The van der Waals surface area contributed by atoms with Crippen LogP contribution in [0.3, 0.4) is 0 Å². The summed E-state index contributed by atoms with van der Waals surface area (Å²) < 4.78 is 1.86. The van der Waals surface area contributed by atoms with E-state index < -0.39 is 0 Å². The number of aromatic amines is 1. The summed E-state index contributed by atoms with van der Waals surface area (Å²) in [5.41, 5.74) is 3.48. The standard InChI is InChI=1S/C24H35N7O/c1-7-8-29-9-11-30(12-10-29)21(22-26-27-28-31(22)24(4,5)6)19-15-18-14-16(2)13-17(3)20(18)25-23(19)32/h13-15,21H,7-12H2,1-6H3,(H,25,32)/t21-/m1/s1. The zero-order valence-electron chi connectivity index (χ0n) is 20.1. The van der Waals surface area contributed by atoms with E-state index in [0.717, 1.165) is 61.4 Å². The molecule has 1 N–H and O–H groups in total. The van der Waals surface area contributed by atoms with Crippen molar-refractivity contribution >= 4 is 10.9 Å². The number of H-pyrrole nitrogens is 1. The van der Waals surface area contributed by atoms with E-state index in [9.17, 15) is 4.79 Å². The molecular formula is C24H35N7O. The van der Waals surface area contributed by atoms with Crippen LogP contribution in [0.1, 0.15) is 62.7 Å². The number of piperazine rings is 1. The van der Waals surface area contributed by atoms with Crippen LogP contribution >= 0.6 is 0 Å². The molecule has 3 heterocycles. The molecule has 1 fully saturated rings. The van der Waals surface area contributed by atoms with Gasteiger partial charge in [0.05, 0.1) is 11.1 Å². The van der Waals surface area contributed by atoms with Gasteiger partial charge in [-0.3, -0.25) is 9.69 Å². The lowest BCUT2D eigenvalue weighted by atomic mass is 9.99. The van der Waals surface area contributed by atoms with Gasteiger partial charge in [0.15, 0.2) is 5.82 Å². The molecule has 32 heavy (non-hydrogen) atoms. The van der Waals surface area contributed by atoms with Gasteiger partial charge >= 0.3 is 0 Å². The highest BCUT2D eigenvalue weighted by Gasteiger charge is 2.34. The van der Waals surface area contributed by atoms with Crippen molar-refractivity contribution in [2.75, 3.05) is 32.7 Å². The summed E-state index contributed by atoms with van der Waals surface area (Å²) in [7, 11) is 0. The fourth-order valence-corrected chi connectivity index (χ4v) is 4.81. The molecule has 172 valence electrons. The van der Waals surface area contributed by atoms with Gasteiger partial charge < -0.3 is 9.88 Å². The molecule has 0 aliphatic carbocycles. The van der Waals surface area contributed by atoms with E-state index in [-0.39, 0.29) is 17.1 Å². The molecule has 0 unspecified atom stereocenters. The third kappa shape index (κ3) is 4.34. The first-order valence-corrected chi connectivity index (χ1v) is 11.6. The predicted molar refractivity (Wildman–Crippen MR) is 127 cm³/mol. The molecule has 1 aliphatic rings. The lowest BCUT2D eigenvalue weighted by molar-refractivity contribution is 0.102. The van der Waals surface area contributed by atoms with Crippen LogP contribution in [0, 0.1) is 13.8 Å². The molecule has 0 radical (unpaired) electrons. The Morgan fingerprint density at radius 2 is 1.81 bits per heavy atom. The van der Waals surface area contributed by atoms with Crippen molar-refractivity contribution in [1.82, 2.24) is 35.0 Å². The molecule has 3 aromatic rings. The molecule has 8 heteroatoms. The first kappa shape index (κ1) is 22.6. The number of fused-ring (bicyclic) bond motifs is 1. The highest BCUT2D eigenvalue weighted by molar-refractivity contribution is 5.83. The van der Waals surface area contributed by atoms with Crippen molar-refractivity contribution in [3.05, 3.63) is 51.1 Å². The molecular weight excluding hydrogens is 402 g/mol. The Morgan fingerprint density at radius 1 is 1.09 bits per heavy atom. The molecule has 1 atom stereocenters. The maximum Gasteiger partial charge on any atom is 0.253 e. The maximum absolute atomic E-state index is 13.4. The highest BCUT2D eigenvalue weighted by Crippen LogP contribution is 2.30. The van der Waals surface area contributed by atoms with Crippen LogP contribution in [0.5, 0.6) is 0 Å². The summed E-state index contributed by atoms with van der Waals surface area (Å²) >= 11 is 0. The molecule has 1 saturated heterocycles. The van der Waals surface area contributed by atoms with Gasteiger partial charge in [0, 0.05) is 31.7 Å². The normalized spacial score (nSPS) is 17.2. The van der Waals surface area contributed by atoms with E-state index >= 15 is 0 Å². The SMILES string of the molecule is CCCN1CCN([C@H](c2cc3cc(C)cc(C)c3[nH]c2=O)c2nnnn2C(C)(C)C)CC1. The molecule has 8 nitrogen and oxygen atoms in total.